The Balaban J connectivity index is 2.10. The van der Waals surface area contributed by atoms with E-state index >= 15 is 0 Å². The molecule has 4 rings (SSSR count). The van der Waals surface area contributed by atoms with Crippen LogP contribution in [0.3, 0.4) is 0 Å². The van der Waals surface area contributed by atoms with Crippen LogP contribution in [0.2, 0.25) is 0 Å². The fourth-order valence-corrected chi connectivity index (χ4v) is 4.45. The van der Waals surface area contributed by atoms with Crippen LogP contribution in [0.1, 0.15) is 5.56 Å². The van der Waals surface area contributed by atoms with Crippen molar-refractivity contribution in [2.75, 3.05) is 6.67 Å². The molecule has 0 unspecified atom stereocenters. The molecule has 0 aliphatic heterocycles. The van der Waals surface area contributed by atoms with E-state index < -0.39 is 28.1 Å². The minimum absolute atomic E-state index is 0.108. The second-order valence-corrected chi connectivity index (χ2v) is 9.00. The molecule has 0 aliphatic rings. The first-order valence-electron chi connectivity index (χ1n) is 9.77. The summed E-state index contributed by atoms with van der Waals surface area (Å²) in [5, 5.41) is 1.19. The molecule has 0 spiro atoms. The van der Waals surface area contributed by atoms with Crippen LogP contribution in [0.25, 0.3) is 32.9 Å². The number of pyridine rings is 1. The van der Waals surface area contributed by atoms with E-state index in [2.05, 4.69) is 4.18 Å². The van der Waals surface area contributed by atoms with Crippen LogP contribution < -0.4 is 8.75 Å². The highest BCUT2D eigenvalue weighted by Gasteiger charge is 2.49. The Bertz CT molecular complexity index is 1440. The normalized spacial score (nSPS) is 12.4. The first-order chi connectivity index (χ1) is 15.7. The third-order valence-corrected chi connectivity index (χ3v) is 6.46. The van der Waals surface area contributed by atoms with Gasteiger partial charge in [0.25, 0.3) is 0 Å². The second-order valence-electron chi connectivity index (χ2n) is 7.20. The van der Waals surface area contributed by atoms with Crippen molar-refractivity contribution in [3.8, 4) is 17.0 Å². The minimum atomic E-state index is -5.90. The summed E-state index contributed by atoms with van der Waals surface area (Å²) >= 11 is 5.88. The van der Waals surface area contributed by atoms with Gasteiger partial charge in [0.2, 0.25) is 11.2 Å². The molecule has 0 bridgehead atoms. The van der Waals surface area contributed by atoms with E-state index in [1.54, 1.807) is 34.9 Å². The van der Waals surface area contributed by atoms with Gasteiger partial charge >= 0.3 is 15.6 Å². The highest BCUT2D eigenvalue weighted by atomic mass is 35.5. The van der Waals surface area contributed by atoms with Crippen LogP contribution >= 0.6 is 11.6 Å². The summed E-state index contributed by atoms with van der Waals surface area (Å²) in [4.78, 5) is 0. The molecule has 33 heavy (non-hydrogen) atoms. The van der Waals surface area contributed by atoms with Gasteiger partial charge in [-0.05, 0) is 29.8 Å². The van der Waals surface area contributed by atoms with Crippen LogP contribution in [0.4, 0.5) is 17.6 Å². The maximum Gasteiger partial charge on any atom is 0.534 e. The third kappa shape index (κ3) is 4.22. The van der Waals surface area contributed by atoms with Gasteiger partial charge in [-0.2, -0.15) is 26.2 Å². The van der Waals surface area contributed by atoms with Gasteiger partial charge in [-0.15, -0.1) is 11.6 Å². The standard InChI is InChI=1S/C23H17ClF4NO3S/c24-14-15-8-10-16(11-9-15)22-18-5-2-1-4-17(18)21-19(29(22)13-12-25)6-3-7-20(21)32-33(30,31)23(26,27)28/h1-11H,12-14H2/q+1. The van der Waals surface area contributed by atoms with Gasteiger partial charge in [0, 0.05) is 22.9 Å². The first kappa shape index (κ1) is 23.3. The SMILES string of the molecule is O=S(=O)(Oc1cccc2c1c1ccccc1c(-c1ccc(CCl)cc1)[n+]2CCF)C(F)(F)F. The number of fused-ring (bicyclic) bond motifs is 3. The van der Waals surface area contributed by atoms with Crippen LogP contribution in [0, 0.1) is 0 Å². The van der Waals surface area contributed by atoms with Gasteiger partial charge in [0.1, 0.15) is 6.67 Å². The van der Waals surface area contributed by atoms with E-state index in [0.29, 0.717) is 27.9 Å². The molecule has 1 heterocycles. The Labute approximate surface area is 192 Å². The van der Waals surface area contributed by atoms with Crippen molar-refractivity contribution >= 4 is 43.4 Å². The zero-order valence-electron chi connectivity index (χ0n) is 16.9. The summed E-state index contributed by atoms with van der Waals surface area (Å²) in [7, 11) is -5.90. The van der Waals surface area contributed by atoms with Crippen LogP contribution in [0.15, 0.2) is 66.7 Å². The molecule has 0 fully saturated rings. The van der Waals surface area contributed by atoms with Crippen molar-refractivity contribution in [2.24, 2.45) is 0 Å². The number of alkyl halides is 5. The fourth-order valence-electron chi connectivity index (χ4n) is 3.80. The van der Waals surface area contributed by atoms with Crippen molar-refractivity contribution < 1.29 is 34.7 Å². The topological polar surface area (TPSA) is 47.3 Å². The third-order valence-electron chi connectivity index (χ3n) is 5.19. The molecule has 0 N–H and O–H groups in total. The number of aryl methyl sites for hydroxylation is 1. The van der Waals surface area contributed by atoms with E-state index in [-0.39, 0.29) is 11.9 Å². The highest BCUT2D eigenvalue weighted by molar-refractivity contribution is 7.88. The molecule has 0 atom stereocenters. The number of aromatic nitrogens is 1. The predicted molar refractivity (Wildman–Crippen MR) is 118 cm³/mol. The molecule has 0 radical (unpaired) electrons. The number of benzene rings is 3. The van der Waals surface area contributed by atoms with Gasteiger partial charge in [0.05, 0.1) is 10.8 Å². The lowest BCUT2D eigenvalue weighted by Gasteiger charge is -2.15. The summed E-state index contributed by atoms with van der Waals surface area (Å²) in [6.45, 7) is -0.861. The van der Waals surface area contributed by atoms with Crippen molar-refractivity contribution in [1.82, 2.24) is 0 Å². The monoisotopic (exact) mass is 498 g/mol. The van der Waals surface area contributed by atoms with Gasteiger partial charge in [-0.25, -0.2) is 4.39 Å². The molecule has 0 saturated heterocycles. The van der Waals surface area contributed by atoms with Crippen molar-refractivity contribution in [1.29, 1.82) is 0 Å². The minimum Gasteiger partial charge on any atom is -0.375 e. The molecule has 4 nitrogen and oxygen atoms in total. The van der Waals surface area contributed by atoms with Gasteiger partial charge in [-0.3, -0.25) is 0 Å². The Kier molecular flexibility index (Phi) is 6.20. The lowest BCUT2D eigenvalue weighted by atomic mass is 9.98. The van der Waals surface area contributed by atoms with Gasteiger partial charge < -0.3 is 4.18 Å². The summed E-state index contributed by atoms with van der Waals surface area (Å²) in [5.74, 6) is -0.171. The summed E-state index contributed by atoms with van der Waals surface area (Å²) < 4.78 is 82.3. The van der Waals surface area contributed by atoms with Crippen molar-refractivity contribution in [2.45, 2.75) is 17.9 Å². The van der Waals surface area contributed by atoms with E-state index in [0.717, 1.165) is 17.2 Å². The molecule has 0 amide bonds. The maximum atomic E-state index is 13.6. The number of halogens is 5. The highest BCUT2D eigenvalue weighted by Crippen LogP contribution is 2.38. The molecular formula is C23H17ClF4NO3S+. The fraction of sp³-hybridized carbons (Fsp3) is 0.174. The van der Waals surface area contributed by atoms with E-state index in [1.165, 1.54) is 6.07 Å². The maximum absolute atomic E-state index is 13.6. The van der Waals surface area contributed by atoms with Crippen LogP contribution in [-0.2, 0) is 22.5 Å². The first-order valence-corrected chi connectivity index (χ1v) is 11.7. The molecular weight excluding hydrogens is 482 g/mol. The largest absolute Gasteiger partial charge is 0.534 e. The average molecular weight is 499 g/mol. The number of hydrogen-bond acceptors (Lipinski definition) is 3. The summed E-state index contributed by atoms with van der Waals surface area (Å²) in [6, 6.07) is 18.2. The smallest absolute Gasteiger partial charge is 0.375 e. The van der Waals surface area contributed by atoms with E-state index in [9.17, 15) is 26.0 Å². The van der Waals surface area contributed by atoms with Gasteiger partial charge in [-0.1, -0.05) is 36.4 Å². The molecule has 3 aromatic carbocycles. The molecule has 10 heteroatoms. The lowest BCUT2D eigenvalue weighted by Crippen LogP contribution is -2.38. The van der Waals surface area contributed by atoms with Crippen molar-refractivity contribution in [3.63, 3.8) is 0 Å². The quantitative estimate of drug-likeness (QED) is 0.0832. The molecule has 0 aliphatic carbocycles. The zero-order chi connectivity index (χ0) is 23.8. The molecule has 0 saturated carbocycles. The zero-order valence-corrected chi connectivity index (χ0v) is 18.5. The van der Waals surface area contributed by atoms with Gasteiger partial charge in [0.15, 0.2) is 12.3 Å². The van der Waals surface area contributed by atoms with Crippen LogP contribution in [0.5, 0.6) is 5.75 Å². The Morgan fingerprint density at radius 3 is 2.18 bits per heavy atom. The summed E-state index contributed by atoms with van der Waals surface area (Å²) in [5.41, 5.74) is -3.00. The van der Waals surface area contributed by atoms with Crippen molar-refractivity contribution in [3.05, 3.63) is 72.3 Å². The van der Waals surface area contributed by atoms with Crippen LogP contribution in [-0.4, -0.2) is 20.6 Å². The molecule has 4 aromatic rings. The average Bonchev–Trinajstić information content (AvgIpc) is 2.78. The predicted octanol–water partition coefficient (Wildman–Crippen LogP) is 5.88. The van der Waals surface area contributed by atoms with E-state index in [1.807, 2.05) is 24.3 Å². The van der Waals surface area contributed by atoms with E-state index in [4.69, 9.17) is 11.6 Å². The second kappa shape index (κ2) is 8.79. The molecule has 172 valence electrons. The Morgan fingerprint density at radius 2 is 1.58 bits per heavy atom. The lowest BCUT2D eigenvalue weighted by molar-refractivity contribution is -0.659. The number of hydrogen-bond donors (Lipinski definition) is 0. The number of nitrogens with zero attached hydrogens (tertiary/aromatic N) is 1. The Hall–Kier alpha value is -2.91. The molecule has 1 aromatic heterocycles. The summed E-state index contributed by atoms with van der Waals surface area (Å²) in [6.07, 6.45) is 0. The number of rotatable bonds is 6. The Morgan fingerprint density at radius 1 is 0.909 bits per heavy atom.